The summed E-state index contributed by atoms with van der Waals surface area (Å²) < 4.78 is 5.20. The number of carboxylic acid groups (broad SMARTS) is 1. The van der Waals surface area contributed by atoms with Gasteiger partial charge in [-0.05, 0) is 36.1 Å². The van der Waals surface area contributed by atoms with Gasteiger partial charge >= 0.3 is 5.97 Å². The fraction of sp³-hybridized carbons (Fsp3) is 0.467. The first-order valence-corrected chi connectivity index (χ1v) is 6.75. The minimum atomic E-state index is -0.931. The zero-order valence-electron chi connectivity index (χ0n) is 11.3. The minimum absolute atomic E-state index is 0.0632. The predicted molar refractivity (Wildman–Crippen MR) is 71.2 cm³/mol. The summed E-state index contributed by atoms with van der Waals surface area (Å²) in [6.45, 7) is 1.10. The lowest BCUT2D eigenvalue weighted by Crippen LogP contribution is -2.42. The van der Waals surface area contributed by atoms with Crippen LogP contribution in [0.2, 0.25) is 0 Å². The second-order valence-corrected chi connectivity index (χ2v) is 5.51. The summed E-state index contributed by atoms with van der Waals surface area (Å²) in [5.74, 6) is -0.709. The van der Waals surface area contributed by atoms with E-state index in [2.05, 4.69) is 0 Å². The Morgan fingerprint density at radius 3 is 2.60 bits per heavy atom. The zero-order chi connectivity index (χ0) is 14.3. The Hall–Kier alpha value is -1.88. The van der Waals surface area contributed by atoms with Crippen molar-refractivity contribution in [3.63, 3.8) is 0 Å². The van der Waals surface area contributed by atoms with E-state index in [4.69, 9.17) is 9.84 Å². The minimum Gasteiger partial charge on any atom is -0.478 e. The van der Waals surface area contributed by atoms with E-state index in [1.54, 1.807) is 19.2 Å². The lowest BCUT2D eigenvalue weighted by atomic mass is 9.81. The second kappa shape index (κ2) is 4.90. The number of aromatic carboxylic acids is 1. The summed E-state index contributed by atoms with van der Waals surface area (Å²) in [4.78, 5) is 25.1. The molecule has 20 heavy (non-hydrogen) atoms. The molecule has 0 spiro atoms. The van der Waals surface area contributed by atoms with Gasteiger partial charge in [0.05, 0.1) is 11.7 Å². The number of amides is 1. The van der Waals surface area contributed by atoms with Crippen molar-refractivity contribution in [3.8, 4) is 0 Å². The van der Waals surface area contributed by atoms with Crippen LogP contribution >= 0.6 is 0 Å². The third-order valence-corrected chi connectivity index (χ3v) is 4.26. The van der Waals surface area contributed by atoms with Crippen LogP contribution < -0.4 is 0 Å². The molecule has 0 saturated heterocycles. The number of methoxy groups -OCH3 is 1. The molecule has 1 aromatic carbocycles. The molecule has 0 bridgehead atoms. The molecular weight excluding hydrogens is 258 g/mol. The van der Waals surface area contributed by atoms with Crippen LogP contribution in [0.1, 0.15) is 34.3 Å². The van der Waals surface area contributed by atoms with Gasteiger partial charge in [-0.15, -0.1) is 0 Å². The number of hydrogen-bond acceptors (Lipinski definition) is 3. The fourth-order valence-electron chi connectivity index (χ4n) is 2.90. The molecule has 0 radical (unpaired) electrons. The topological polar surface area (TPSA) is 66.8 Å². The van der Waals surface area contributed by atoms with Crippen molar-refractivity contribution in [2.45, 2.75) is 32.0 Å². The highest BCUT2D eigenvalue weighted by Crippen LogP contribution is 2.34. The maximum absolute atomic E-state index is 12.3. The van der Waals surface area contributed by atoms with Crippen molar-refractivity contribution in [3.05, 3.63) is 34.9 Å². The number of fused-ring (bicyclic) bond motifs is 1. The maximum Gasteiger partial charge on any atom is 0.335 e. The van der Waals surface area contributed by atoms with Crippen LogP contribution in [-0.2, 0) is 22.6 Å². The highest BCUT2D eigenvalue weighted by Gasteiger charge is 2.38. The van der Waals surface area contributed by atoms with Gasteiger partial charge in [0.2, 0.25) is 5.91 Å². The van der Waals surface area contributed by atoms with Gasteiger partial charge in [-0.2, -0.15) is 0 Å². The third-order valence-electron chi connectivity index (χ3n) is 4.26. The van der Waals surface area contributed by atoms with Crippen LogP contribution in [0.5, 0.6) is 0 Å². The monoisotopic (exact) mass is 275 g/mol. The van der Waals surface area contributed by atoms with E-state index in [9.17, 15) is 9.59 Å². The Labute approximate surface area is 117 Å². The molecule has 1 aliphatic carbocycles. The molecule has 1 saturated carbocycles. The number of rotatable bonds is 3. The third kappa shape index (κ3) is 2.18. The van der Waals surface area contributed by atoms with E-state index in [-0.39, 0.29) is 23.5 Å². The van der Waals surface area contributed by atoms with Crippen LogP contribution in [0, 0.1) is 5.92 Å². The van der Waals surface area contributed by atoms with E-state index in [0.717, 1.165) is 24.0 Å². The van der Waals surface area contributed by atoms with Gasteiger partial charge in [-0.25, -0.2) is 4.79 Å². The maximum atomic E-state index is 12.3. The Bertz CT molecular complexity index is 563. The zero-order valence-corrected chi connectivity index (χ0v) is 11.3. The molecule has 0 aromatic heterocycles. The highest BCUT2D eigenvalue weighted by atomic mass is 16.5. The van der Waals surface area contributed by atoms with E-state index >= 15 is 0 Å². The van der Waals surface area contributed by atoms with E-state index in [0.29, 0.717) is 13.1 Å². The van der Waals surface area contributed by atoms with Gasteiger partial charge in [0.1, 0.15) is 0 Å². The highest BCUT2D eigenvalue weighted by molar-refractivity contribution is 5.88. The lowest BCUT2D eigenvalue weighted by molar-refractivity contribution is -0.144. The number of hydrogen-bond donors (Lipinski definition) is 1. The van der Waals surface area contributed by atoms with E-state index < -0.39 is 5.97 Å². The molecule has 1 aromatic rings. The normalized spacial score (nSPS) is 24.1. The number of benzene rings is 1. The van der Waals surface area contributed by atoms with E-state index in [1.807, 2.05) is 11.0 Å². The largest absolute Gasteiger partial charge is 0.478 e. The van der Waals surface area contributed by atoms with Gasteiger partial charge in [0.25, 0.3) is 0 Å². The first kappa shape index (κ1) is 13.1. The van der Waals surface area contributed by atoms with Crippen LogP contribution in [0.15, 0.2) is 18.2 Å². The molecule has 0 unspecified atom stereocenters. The van der Waals surface area contributed by atoms with Crippen molar-refractivity contribution in [1.29, 1.82) is 0 Å². The molecule has 1 fully saturated rings. The van der Waals surface area contributed by atoms with Gasteiger partial charge in [-0.3, -0.25) is 4.79 Å². The lowest BCUT2D eigenvalue weighted by Gasteiger charge is -2.35. The molecule has 0 atom stereocenters. The van der Waals surface area contributed by atoms with Gasteiger partial charge in [0, 0.05) is 26.1 Å². The Kier molecular flexibility index (Phi) is 3.22. The van der Waals surface area contributed by atoms with Crippen molar-refractivity contribution in [2.24, 2.45) is 5.92 Å². The predicted octanol–water partition coefficient (Wildman–Crippen LogP) is 1.65. The molecule has 3 rings (SSSR count). The average molecular weight is 275 g/mol. The molecular formula is C15H17NO4. The number of carbonyl (C=O) groups excluding carboxylic acids is 1. The summed E-state index contributed by atoms with van der Waals surface area (Å²) in [6.07, 6.45) is 1.80. The van der Waals surface area contributed by atoms with Gasteiger partial charge < -0.3 is 14.7 Å². The smallest absolute Gasteiger partial charge is 0.335 e. The standard InChI is InChI=1S/C15H17NO4/c1-20-13-5-11(6-13)14(17)16-7-10-3-2-9(15(18)19)4-12(10)8-16/h2-4,11,13H,5-8H2,1H3,(H,18,19). The van der Waals surface area contributed by atoms with Crippen LogP contribution in [0.25, 0.3) is 0 Å². The van der Waals surface area contributed by atoms with Crippen molar-refractivity contribution < 1.29 is 19.4 Å². The van der Waals surface area contributed by atoms with Crippen molar-refractivity contribution >= 4 is 11.9 Å². The second-order valence-electron chi connectivity index (χ2n) is 5.51. The quantitative estimate of drug-likeness (QED) is 0.911. The van der Waals surface area contributed by atoms with Crippen LogP contribution in [0.4, 0.5) is 0 Å². The average Bonchev–Trinajstić information content (AvgIpc) is 2.79. The molecule has 2 aliphatic rings. The molecule has 1 N–H and O–H groups in total. The van der Waals surface area contributed by atoms with Crippen LogP contribution in [0.3, 0.4) is 0 Å². The Morgan fingerprint density at radius 2 is 1.95 bits per heavy atom. The fourth-order valence-corrected chi connectivity index (χ4v) is 2.90. The van der Waals surface area contributed by atoms with Gasteiger partial charge in [-0.1, -0.05) is 6.07 Å². The van der Waals surface area contributed by atoms with Crippen LogP contribution in [-0.4, -0.2) is 35.1 Å². The van der Waals surface area contributed by atoms with Crippen molar-refractivity contribution in [1.82, 2.24) is 4.90 Å². The molecule has 1 amide bonds. The number of carbonyl (C=O) groups is 2. The van der Waals surface area contributed by atoms with Gasteiger partial charge in [0.15, 0.2) is 0 Å². The number of carboxylic acids is 1. The SMILES string of the molecule is COC1CC(C(=O)N2Cc3ccc(C(=O)O)cc3C2)C1. The molecule has 5 nitrogen and oxygen atoms in total. The Balaban J connectivity index is 1.68. The summed E-state index contributed by atoms with van der Waals surface area (Å²) in [5.41, 5.74) is 2.27. The summed E-state index contributed by atoms with van der Waals surface area (Å²) in [5, 5.41) is 8.99. The Morgan fingerprint density at radius 1 is 1.25 bits per heavy atom. The van der Waals surface area contributed by atoms with E-state index in [1.165, 1.54) is 0 Å². The van der Waals surface area contributed by atoms with Crippen molar-refractivity contribution in [2.75, 3.05) is 7.11 Å². The molecule has 106 valence electrons. The summed E-state index contributed by atoms with van der Waals surface area (Å²) >= 11 is 0. The molecule has 5 heteroatoms. The molecule has 1 heterocycles. The number of nitrogens with zero attached hydrogens (tertiary/aromatic N) is 1. The molecule has 1 aliphatic heterocycles. The summed E-state index contributed by atoms with van der Waals surface area (Å²) in [7, 11) is 1.67. The number of ether oxygens (including phenoxy) is 1. The first-order valence-electron chi connectivity index (χ1n) is 6.75. The summed E-state index contributed by atoms with van der Waals surface area (Å²) in [6, 6.07) is 5.08. The first-order chi connectivity index (χ1) is 9.58.